The van der Waals surface area contributed by atoms with Gasteiger partial charge in [0.05, 0.1) is 17.1 Å². The van der Waals surface area contributed by atoms with E-state index in [0.29, 0.717) is 16.6 Å². The number of thiazole rings is 1. The highest BCUT2D eigenvalue weighted by molar-refractivity contribution is 7.16. The zero-order valence-corrected chi connectivity index (χ0v) is 16.9. The SMILES string of the molecule is CCCC(CCC)C(=O)N1CCc2nc(NC(=O)c3cccs3)sc2C1. The lowest BCUT2D eigenvalue weighted by atomic mass is 9.96. The molecule has 2 aromatic rings. The van der Waals surface area contributed by atoms with Crippen molar-refractivity contribution in [2.24, 2.45) is 5.92 Å². The molecule has 0 unspecified atom stereocenters. The molecule has 1 aliphatic heterocycles. The molecular weight excluding hydrogens is 366 g/mol. The molecule has 0 aromatic carbocycles. The molecule has 0 saturated carbocycles. The van der Waals surface area contributed by atoms with Crippen molar-refractivity contribution < 1.29 is 9.59 Å². The van der Waals surface area contributed by atoms with Gasteiger partial charge in [-0.15, -0.1) is 11.3 Å². The Morgan fingerprint density at radius 2 is 2.08 bits per heavy atom. The van der Waals surface area contributed by atoms with Gasteiger partial charge < -0.3 is 4.90 Å². The lowest BCUT2D eigenvalue weighted by Crippen LogP contribution is -2.39. The maximum Gasteiger partial charge on any atom is 0.267 e. The summed E-state index contributed by atoms with van der Waals surface area (Å²) < 4.78 is 0. The molecule has 7 heteroatoms. The quantitative estimate of drug-likeness (QED) is 0.753. The smallest absolute Gasteiger partial charge is 0.267 e. The molecule has 140 valence electrons. The van der Waals surface area contributed by atoms with Crippen molar-refractivity contribution in [3.05, 3.63) is 33.0 Å². The summed E-state index contributed by atoms with van der Waals surface area (Å²) >= 11 is 2.90. The first-order chi connectivity index (χ1) is 12.6. The largest absolute Gasteiger partial charge is 0.337 e. The predicted octanol–water partition coefficient (Wildman–Crippen LogP) is 4.56. The minimum Gasteiger partial charge on any atom is -0.337 e. The minimum atomic E-state index is -0.120. The lowest BCUT2D eigenvalue weighted by Gasteiger charge is -2.29. The summed E-state index contributed by atoms with van der Waals surface area (Å²) in [6.07, 6.45) is 4.75. The van der Waals surface area contributed by atoms with Crippen LogP contribution in [0.2, 0.25) is 0 Å². The molecule has 3 heterocycles. The molecule has 3 rings (SSSR count). The highest BCUT2D eigenvalue weighted by atomic mass is 32.1. The molecule has 0 spiro atoms. The Kier molecular flexibility index (Phi) is 6.43. The second kappa shape index (κ2) is 8.77. The third kappa shape index (κ3) is 4.32. The van der Waals surface area contributed by atoms with Crippen molar-refractivity contribution in [3.8, 4) is 0 Å². The monoisotopic (exact) mass is 391 g/mol. The van der Waals surface area contributed by atoms with Gasteiger partial charge in [0, 0.05) is 23.8 Å². The van der Waals surface area contributed by atoms with E-state index in [2.05, 4.69) is 24.1 Å². The van der Waals surface area contributed by atoms with Crippen molar-refractivity contribution in [3.63, 3.8) is 0 Å². The Morgan fingerprint density at radius 3 is 2.73 bits per heavy atom. The van der Waals surface area contributed by atoms with Crippen LogP contribution in [0.25, 0.3) is 0 Å². The number of nitrogens with one attached hydrogen (secondary N) is 1. The summed E-state index contributed by atoms with van der Waals surface area (Å²) in [5, 5.41) is 5.39. The fourth-order valence-electron chi connectivity index (χ4n) is 3.35. The van der Waals surface area contributed by atoms with Crippen molar-refractivity contribution in [2.75, 3.05) is 11.9 Å². The molecule has 0 bridgehead atoms. The minimum absolute atomic E-state index is 0.120. The molecule has 0 atom stereocenters. The molecule has 2 amide bonds. The van der Waals surface area contributed by atoms with Crippen LogP contribution in [0.5, 0.6) is 0 Å². The molecule has 26 heavy (non-hydrogen) atoms. The summed E-state index contributed by atoms with van der Waals surface area (Å²) in [4.78, 5) is 33.4. The van der Waals surface area contributed by atoms with E-state index in [4.69, 9.17) is 0 Å². The average molecular weight is 392 g/mol. The van der Waals surface area contributed by atoms with Crippen molar-refractivity contribution in [1.29, 1.82) is 0 Å². The van der Waals surface area contributed by atoms with Crippen LogP contribution in [0.15, 0.2) is 17.5 Å². The number of rotatable bonds is 7. The molecular formula is C19H25N3O2S2. The standard InChI is InChI=1S/C19H25N3O2S2/c1-3-6-13(7-4-2)18(24)22-10-9-14-16(12-22)26-19(20-14)21-17(23)15-8-5-11-25-15/h5,8,11,13H,3-4,6-7,9-10,12H2,1-2H3,(H,20,21,23). The maximum absolute atomic E-state index is 12.9. The zero-order valence-electron chi connectivity index (χ0n) is 15.3. The summed E-state index contributed by atoms with van der Waals surface area (Å²) in [6.45, 7) is 5.61. The van der Waals surface area contributed by atoms with Crippen LogP contribution in [0, 0.1) is 5.92 Å². The first-order valence-corrected chi connectivity index (χ1v) is 10.9. The molecule has 0 fully saturated rings. The van der Waals surface area contributed by atoms with Crippen molar-refractivity contribution in [2.45, 2.75) is 52.5 Å². The van der Waals surface area contributed by atoms with Crippen LogP contribution >= 0.6 is 22.7 Å². The number of thiophene rings is 1. The number of carbonyl (C=O) groups is 2. The second-order valence-electron chi connectivity index (χ2n) is 6.60. The van der Waals surface area contributed by atoms with Gasteiger partial charge in [-0.2, -0.15) is 0 Å². The molecule has 5 nitrogen and oxygen atoms in total. The van der Waals surface area contributed by atoms with Crippen LogP contribution in [0.3, 0.4) is 0 Å². The van der Waals surface area contributed by atoms with E-state index in [9.17, 15) is 9.59 Å². The average Bonchev–Trinajstić information content (AvgIpc) is 3.29. The summed E-state index contributed by atoms with van der Waals surface area (Å²) in [5.41, 5.74) is 1.02. The lowest BCUT2D eigenvalue weighted by molar-refractivity contribution is -0.137. The van der Waals surface area contributed by atoms with E-state index < -0.39 is 0 Å². The number of hydrogen-bond donors (Lipinski definition) is 1. The first kappa shape index (κ1) is 19.0. The first-order valence-electron chi connectivity index (χ1n) is 9.24. The fraction of sp³-hybridized carbons (Fsp3) is 0.526. The topological polar surface area (TPSA) is 62.3 Å². The van der Waals surface area contributed by atoms with Gasteiger partial charge in [0.2, 0.25) is 5.91 Å². The van der Waals surface area contributed by atoms with E-state index in [1.165, 1.54) is 22.7 Å². The van der Waals surface area contributed by atoms with Crippen LogP contribution in [-0.2, 0) is 17.8 Å². The van der Waals surface area contributed by atoms with Gasteiger partial charge in [-0.05, 0) is 24.3 Å². The van der Waals surface area contributed by atoms with Gasteiger partial charge in [0.1, 0.15) is 0 Å². The zero-order chi connectivity index (χ0) is 18.5. The van der Waals surface area contributed by atoms with Gasteiger partial charge in [-0.1, -0.05) is 44.1 Å². The van der Waals surface area contributed by atoms with Crippen molar-refractivity contribution >= 4 is 39.6 Å². The number of hydrogen-bond acceptors (Lipinski definition) is 5. The molecule has 1 aliphatic rings. The van der Waals surface area contributed by atoms with Gasteiger partial charge in [0.15, 0.2) is 5.13 Å². The number of aromatic nitrogens is 1. The van der Waals surface area contributed by atoms with Crippen LogP contribution in [0.4, 0.5) is 5.13 Å². The number of anilines is 1. The van der Waals surface area contributed by atoms with Crippen LogP contribution in [-0.4, -0.2) is 28.2 Å². The maximum atomic E-state index is 12.9. The Morgan fingerprint density at radius 1 is 1.31 bits per heavy atom. The molecule has 0 saturated heterocycles. The number of amides is 2. The third-order valence-electron chi connectivity index (χ3n) is 4.63. The normalized spacial score (nSPS) is 13.7. The molecule has 0 aliphatic carbocycles. The van der Waals surface area contributed by atoms with Crippen LogP contribution < -0.4 is 5.32 Å². The summed E-state index contributed by atoms with van der Waals surface area (Å²) in [7, 11) is 0. The van der Waals surface area contributed by atoms with Gasteiger partial charge in [0.25, 0.3) is 5.91 Å². The number of nitrogens with zero attached hydrogens (tertiary/aromatic N) is 2. The highest BCUT2D eigenvalue weighted by Gasteiger charge is 2.28. The van der Waals surface area contributed by atoms with Gasteiger partial charge in [-0.3, -0.25) is 14.9 Å². The van der Waals surface area contributed by atoms with E-state index in [0.717, 1.165) is 49.2 Å². The van der Waals surface area contributed by atoms with Gasteiger partial charge in [-0.25, -0.2) is 4.98 Å². The van der Waals surface area contributed by atoms with Crippen LogP contribution in [0.1, 0.15) is 59.8 Å². The predicted molar refractivity (Wildman–Crippen MR) is 107 cm³/mol. The highest BCUT2D eigenvalue weighted by Crippen LogP contribution is 2.30. The second-order valence-corrected chi connectivity index (χ2v) is 8.64. The Bertz CT molecular complexity index is 749. The van der Waals surface area contributed by atoms with E-state index in [1.807, 2.05) is 16.3 Å². The molecule has 0 radical (unpaired) electrons. The van der Waals surface area contributed by atoms with E-state index >= 15 is 0 Å². The number of carbonyl (C=O) groups excluding carboxylic acids is 2. The van der Waals surface area contributed by atoms with E-state index in [-0.39, 0.29) is 17.7 Å². The fourth-order valence-corrected chi connectivity index (χ4v) is 4.99. The Labute approximate surface area is 162 Å². The molecule has 1 N–H and O–H groups in total. The van der Waals surface area contributed by atoms with Gasteiger partial charge >= 0.3 is 0 Å². The molecule has 2 aromatic heterocycles. The Hall–Kier alpha value is -1.73. The third-order valence-corrected chi connectivity index (χ3v) is 6.50. The van der Waals surface area contributed by atoms with E-state index in [1.54, 1.807) is 6.07 Å². The summed E-state index contributed by atoms with van der Waals surface area (Å²) in [5.74, 6) is 0.291. The van der Waals surface area contributed by atoms with Crippen molar-refractivity contribution in [1.82, 2.24) is 9.88 Å². The number of fused-ring (bicyclic) bond motifs is 1. The summed E-state index contributed by atoms with van der Waals surface area (Å²) in [6, 6.07) is 3.66. The Balaban J connectivity index is 1.66.